The van der Waals surface area contributed by atoms with Crippen LogP contribution in [0, 0.1) is 12.7 Å². The Bertz CT molecular complexity index is 592. The van der Waals surface area contributed by atoms with Gasteiger partial charge in [-0.25, -0.2) is 4.39 Å². The summed E-state index contributed by atoms with van der Waals surface area (Å²) < 4.78 is 18.2. The van der Waals surface area contributed by atoms with Crippen LogP contribution in [0.3, 0.4) is 0 Å². The maximum Gasteiger partial charge on any atom is 0.294 e. The number of carbonyl (C=O) groups excluding carboxylic acids is 1. The fourth-order valence-corrected chi connectivity index (χ4v) is 2.24. The van der Waals surface area contributed by atoms with Gasteiger partial charge in [-0.05, 0) is 35.0 Å². The Hall–Kier alpha value is -1.40. The molecule has 0 radical (unpaired) electrons. The monoisotopic (exact) mass is 332 g/mol. The smallest absolute Gasteiger partial charge is 0.294 e. The largest absolute Gasteiger partial charge is 0.351 e. The third-order valence-electron chi connectivity index (χ3n) is 2.20. The lowest BCUT2D eigenvalue weighted by atomic mass is 10.2. The lowest BCUT2D eigenvalue weighted by Gasteiger charge is -2.08. The summed E-state index contributed by atoms with van der Waals surface area (Å²) in [6.07, 6.45) is 1.43. The number of rotatable bonds is 2. The number of hydrogen-bond acceptors (Lipinski definition) is 3. The van der Waals surface area contributed by atoms with Crippen molar-refractivity contribution in [2.75, 3.05) is 5.32 Å². The number of benzene rings is 1. The molecule has 18 heavy (non-hydrogen) atoms. The number of hydrogen-bond donors (Lipinski definition) is 1. The molecule has 1 aromatic carbocycles. The lowest BCUT2D eigenvalue weighted by molar-refractivity contribution is 0.0987. The summed E-state index contributed by atoms with van der Waals surface area (Å²) in [4.78, 5) is 11.9. The second-order valence-electron chi connectivity index (χ2n) is 3.54. The maximum absolute atomic E-state index is 13.0. The Balaban J connectivity index is 2.31. The van der Waals surface area contributed by atoms with Gasteiger partial charge in [-0.1, -0.05) is 16.8 Å². The van der Waals surface area contributed by atoms with Gasteiger partial charge in [-0.15, -0.1) is 0 Å². The van der Waals surface area contributed by atoms with Crippen molar-refractivity contribution in [2.24, 2.45) is 0 Å². The van der Waals surface area contributed by atoms with Gasteiger partial charge >= 0.3 is 0 Å². The minimum Gasteiger partial charge on any atom is -0.351 e. The van der Waals surface area contributed by atoms with Gasteiger partial charge in [-0.3, -0.25) is 4.79 Å². The van der Waals surface area contributed by atoms with E-state index in [0.29, 0.717) is 10.0 Å². The fraction of sp³-hybridized carbons (Fsp3) is 0.0909. The topological polar surface area (TPSA) is 55.1 Å². The van der Waals surface area contributed by atoms with E-state index in [2.05, 4.69) is 26.4 Å². The molecule has 1 heterocycles. The first-order valence-corrected chi connectivity index (χ1v) is 6.03. The van der Waals surface area contributed by atoms with Crippen LogP contribution in [0.1, 0.15) is 16.1 Å². The third kappa shape index (κ3) is 2.54. The van der Waals surface area contributed by atoms with Crippen molar-refractivity contribution in [1.82, 2.24) is 5.16 Å². The van der Waals surface area contributed by atoms with Gasteiger partial charge in [0.25, 0.3) is 5.91 Å². The summed E-state index contributed by atoms with van der Waals surface area (Å²) in [6.45, 7) is 1.69. The summed E-state index contributed by atoms with van der Waals surface area (Å²) >= 11 is 8.97. The van der Waals surface area contributed by atoms with Gasteiger partial charge in [0, 0.05) is 10.0 Å². The molecule has 0 fully saturated rings. The van der Waals surface area contributed by atoms with Crippen molar-refractivity contribution in [3.63, 3.8) is 0 Å². The molecule has 7 heteroatoms. The van der Waals surface area contributed by atoms with Crippen LogP contribution in [0.4, 0.5) is 10.1 Å². The normalized spacial score (nSPS) is 10.4. The Labute approximate surface area is 115 Å². The van der Waals surface area contributed by atoms with Gasteiger partial charge in [0.2, 0.25) is 5.76 Å². The highest BCUT2D eigenvalue weighted by Crippen LogP contribution is 2.32. The molecule has 0 aliphatic carbocycles. The van der Waals surface area contributed by atoms with Crippen LogP contribution in [-0.2, 0) is 0 Å². The SMILES string of the molecule is Cc1cnoc1C(=O)Nc1c(Cl)cc(F)cc1Br. The maximum atomic E-state index is 13.0. The quantitative estimate of drug-likeness (QED) is 0.909. The standard InChI is InChI=1S/C11H7BrClFN2O2/c1-5-4-15-18-10(5)11(17)16-9-7(12)2-6(14)3-8(9)13/h2-4H,1H3,(H,16,17). The van der Waals surface area contributed by atoms with Crippen LogP contribution in [-0.4, -0.2) is 11.1 Å². The van der Waals surface area contributed by atoms with Crippen molar-refractivity contribution < 1.29 is 13.7 Å². The molecule has 1 amide bonds. The van der Waals surface area contributed by atoms with E-state index in [4.69, 9.17) is 16.1 Å². The van der Waals surface area contributed by atoms with E-state index in [9.17, 15) is 9.18 Å². The molecule has 4 nitrogen and oxygen atoms in total. The van der Waals surface area contributed by atoms with Crippen molar-refractivity contribution in [1.29, 1.82) is 0 Å². The number of nitrogens with one attached hydrogen (secondary N) is 1. The van der Waals surface area contributed by atoms with Crippen molar-refractivity contribution in [2.45, 2.75) is 6.92 Å². The van der Waals surface area contributed by atoms with Gasteiger partial charge < -0.3 is 9.84 Å². The number of aromatic nitrogens is 1. The molecule has 0 atom stereocenters. The zero-order valence-corrected chi connectivity index (χ0v) is 11.5. The molecule has 2 aromatic rings. The predicted octanol–water partition coefficient (Wildman–Crippen LogP) is 3.79. The fourth-order valence-electron chi connectivity index (χ4n) is 1.34. The summed E-state index contributed by atoms with van der Waals surface area (Å²) in [5, 5.41) is 6.12. The summed E-state index contributed by atoms with van der Waals surface area (Å²) in [6, 6.07) is 2.31. The van der Waals surface area contributed by atoms with Crippen molar-refractivity contribution >= 4 is 39.1 Å². The zero-order valence-electron chi connectivity index (χ0n) is 9.13. The Morgan fingerprint density at radius 1 is 1.56 bits per heavy atom. The van der Waals surface area contributed by atoms with E-state index in [1.807, 2.05) is 0 Å². The molecule has 0 saturated carbocycles. The van der Waals surface area contributed by atoms with Gasteiger partial charge in [0.1, 0.15) is 5.82 Å². The summed E-state index contributed by atoms with van der Waals surface area (Å²) in [5.41, 5.74) is 0.876. The van der Waals surface area contributed by atoms with Gasteiger partial charge in [0.15, 0.2) is 0 Å². The highest BCUT2D eigenvalue weighted by Gasteiger charge is 2.17. The number of halogens is 3. The molecule has 0 bridgehead atoms. The number of aryl methyl sites for hydroxylation is 1. The summed E-state index contributed by atoms with van der Waals surface area (Å²) in [7, 11) is 0. The van der Waals surface area contributed by atoms with Crippen LogP contribution in [0.25, 0.3) is 0 Å². The highest BCUT2D eigenvalue weighted by molar-refractivity contribution is 9.10. The second-order valence-corrected chi connectivity index (χ2v) is 4.80. The average Bonchev–Trinajstić information content (AvgIpc) is 2.69. The number of nitrogens with zero attached hydrogens (tertiary/aromatic N) is 1. The molecule has 0 aliphatic heterocycles. The van der Waals surface area contributed by atoms with E-state index in [1.54, 1.807) is 6.92 Å². The second kappa shape index (κ2) is 5.07. The number of amides is 1. The molecule has 1 aromatic heterocycles. The van der Waals surface area contributed by atoms with E-state index in [1.165, 1.54) is 12.3 Å². The summed E-state index contributed by atoms with van der Waals surface area (Å²) in [5.74, 6) is -0.915. The molecule has 0 spiro atoms. The molecule has 0 unspecified atom stereocenters. The molecular formula is C11H7BrClFN2O2. The predicted molar refractivity (Wildman–Crippen MR) is 68.3 cm³/mol. The first kappa shape index (κ1) is 13.0. The van der Waals surface area contributed by atoms with Crippen molar-refractivity contribution in [3.05, 3.63) is 45.0 Å². The Morgan fingerprint density at radius 3 is 2.83 bits per heavy atom. The number of carbonyl (C=O) groups is 1. The van der Waals surface area contributed by atoms with Gasteiger partial charge in [-0.2, -0.15) is 0 Å². The van der Waals surface area contributed by atoms with Crippen LogP contribution in [0.15, 0.2) is 27.3 Å². The molecule has 0 aliphatic rings. The highest BCUT2D eigenvalue weighted by atomic mass is 79.9. The van der Waals surface area contributed by atoms with E-state index in [0.717, 1.165) is 6.07 Å². The molecule has 0 saturated heterocycles. The molecule has 94 valence electrons. The minimum atomic E-state index is -0.501. The zero-order chi connectivity index (χ0) is 13.3. The molecule has 1 N–H and O–H groups in total. The molecule has 2 rings (SSSR count). The first-order chi connectivity index (χ1) is 8.49. The minimum absolute atomic E-state index is 0.0855. The lowest BCUT2D eigenvalue weighted by Crippen LogP contribution is -2.13. The van der Waals surface area contributed by atoms with Gasteiger partial charge in [0.05, 0.1) is 16.9 Å². The van der Waals surface area contributed by atoms with E-state index in [-0.39, 0.29) is 16.5 Å². The van der Waals surface area contributed by atoms with Crippen LogP contribution >= 0.6 is 27.5 Å². The Morgan fingerprint density at radius 2 is 2.28 bits per heavy atom. The van der Waals surface area contributed by atoms with Crippen LogP contribution in [0.2, 0.25) is 5.02 Å². The van der Waals surface area contributed by atoms with Crippen LogP contribution < -0.4 is 5.32 Å². The van der Waals surface area contributed by atoms with E-state index < -0.39 is 11.7 Å². The third-order valence-corrected chi connectivity index (χ3v) is 3.12. The van der Waals surface area contributed by atoms with Crippen molar-refractivity contribution in [3.8, 4) is 0 Å². The number of anilines is 1. The molecular weight excluding hydrogens is 326 g/mol. The first-order valence-electron chi connectivity index (χ1n) is 4.86. The van der Waals surface area contributed by atoms with Crippen LogP contribution in [0.5, 0.6) is 0 Å². The Kier molecular flexibility index (Phi) is 3.68. The van der Waals surface area contributed by atoms with E-state index >= 15 is 0 Å². The average molecular weight is 334 g/mol.